The molecule has 0 aliphatic carbocycles. The summed E-state index contributed by atoms with van der Waals surface area (Å²) in [6, 6.07) is 12.4. The Morgan fingerprint density at radius 2 is 1.87 bits per heavy atom. The van der Waals surface area contributed by atoms with Gasteiger partial charge in [0.05, 0.1) is 21.4 Å². The lowest BCUT2D eigenvalue weighted by Crippen LogP contribution is -2.32. The molecule has 0 N–H and O–H groups in total. The Kier molecular flexibility index (Phi) is 4.65. The van der Waals surface area contributed by atoms with E-state index in [0.29, 0.717) is 23.9 Å². The Hall–Kier alpha value is -3.55. The molecule has 0 fully saturated rings. The van der Waals surface area contributed by atoms with E-state index in [4.69, 9.17) is 7.48 Å². The van der Waals surface area contributed by atoms with E-state index in [1.165, 1.54) is 23.1 Å². The smallest absolute Gasteiger partial charge is 0.394 e. The lowest BCUT2D eigenvalue weighted by atomic mass is 10.0. The number of hydrogen-bond acceptors (Lipinski definition) is 5. The number of carbonyl (C=O) groups excluding carboxylic acids is 1. The van der Waals surface area contributed by atoms with Gasteiger partial charge in [-0.2, -0.15) is 8.78 Å². The summed E-state index contributed by atoms with van der Waals surface area (Å²) in [6.45, 7) is -1.74. The largest absolute Gasteiger partial charge is 0.491 e. The highest BCUT2D eigenvalue weighted by Gasteiger charge is 2.25. The molecule has 4 rings (SSSR count). The van der Waals surface area contributed by atoms with Crippen LogP contribution in [0.2, 0.25) is 0 Å². The number of fused-ring (bicyclic) bond motifs is 1. The number of carbonyl (C=O) groups is 1. The molecule has 154 valence electrons. The van der Waals surface area contributed by atoms with Crippen molar-refractivity contribution in [3.8, 4) is 22.6 Å². The predicted octanol–water partition coefficient (Wildman–Crippen LogP) is 4.17. The summed E-state index contributed by atoms with van der Waals surface area (Å²) in [5, 5.41) is 0. The minimum Gasteiger partial charge on any atom is -0.491 e. The second-order valence-corrected chi connectivity index (χ2v) is 6.72. The minimum absolute atomic E-state index is 0.0117. The lowest BCUT2D eigenvalue weighted by Gasteiger charge is -2.19. The van der Waals surface area contributed by atoms with Crippen LogP contribution in [-0.4, -0.2) is 40.0 Å². The van der Waals surface area contributed by atoms with Crippen LogP contribution in [0.15, 0.2) is 60.9 Å². The molecule has 1 aromatic heterocycles. The number of rotatable bonds is 5. The molecule has 0 atom stereocenters. The Labute approximate surface area is 174 Å². The standard InChI is InChI=1S/C22H19F2N3O3/c1-22(23,24)30-17-6-3-15(4-7-17)16-5-8-19-18(13-16)21(28)27(11-12-29-19)14-20-25-9-2-10-26-20/h2-10,13H,11-12,14H2,1H3/i12D2. The molecule has 2 heterocycles. The van der Waals surface area contributed by atoms with Crippen molar-refractivity contribution in [1.82, 2.24) is 14.9 Å². The van der Waals surface area contributed by atoms with Crippen molar-refractivity contribution in [1.29, 1.82) is 0 Å². The van der Waals surface area contributed by atoms with E-state index < -0.39 is 18.6 Å². The van der Waals surface area contributed by atoms with E-state index in [1.807, 2.05) is 0 Å². The van der Waals surface area contributed by atoms with Crippen molar-refractivity contribution in [2.24, 2.45) is 0 Å². The second-order valence-electron chi connectivity index (χ2n) is 6.72. The maximum Gasteiger partial charge on any atom is 0.394 e. The van der Waals surface area contributed by atoms with Gasteiger partial charge in [-0.3, -0.25) is 4.79 Å². The van der Waals surface area contributed by atoms with Crippen LogP contribution in [0.5, 0.6) is 11.5 Å². The lowest BCUT2D eigenvalue weighted by molar-refractivity contribution is -0.158. The van der Waals surface area contributed by atoms with E-state index in [-0.39, 0.29) is 30.2 Å². The van der Waals surface area contributed by atoms with Gasteiger partial charge in [-0.05, 0) is 41.5 Å². The number of nitrogens with zero attached hydrogens (tertiary/aromatic N) is 3. The maximum absolute atomic E-state index is 13.2. The molecule has 2 aromatic carbocycles. The molecule has 0 bridgehead atoms. The predicted molar refractivity (Wildman–Crippen MR) is 105 cm³/mol. The monoisotopic (exact) mass is 413 g/mol. The second kappa shape index (κ2) is 8.06. The SMILES string of the molecule is [2H]C1([2H])CN(Cc2ncccn2)C(=O)c2cc(-c3ccc(OC(C)(F)F)cc3)ccc2O1. The first-order valence-electron chi connectivity index (χ1n) is 10.2. The quantitative estimate of drug-likeness (QED) is 0.628. The van der Waals surface area contributed by atoms with Crippen LogP contribution in [0.25, 0.3) is 11.1 Å². The van der Waals surface area contributed by atoms with Gasteiger partial charge in [-0.25, -0.2) is 9.97 Å². The fraction of sp³-hybridized carbons (Fsp3) is 0.227. The van der Waals surface area contributed by atoms with E-state index in [1.54, 1.807) is 42.7 Å². The summed E-state index contributed by atoms with van der Waals surface area (Å²) < 4.78 is 52.4. The van der Waals surface area contributed by atoms with Crippen LogP contribution in [0.1, 0.15) is 25.8 Å². The van der Waals surface area contributed by atoms with Crippen LogP contribution in [0.4, 0.5) is 8.78 Å². The van der Waals surface area contributed by atoms with Gasteiger partial charge in [0.2, 0.25) is 0 Å². The summed E-state index contributed by atoms with van der Waals surface area (Å²) in [4.78, 5) is 22.8. The molecular weight excluding hydrogens is 392 g/mol. The molecule has 1 amide bonds. The number of amides is 1. The molecule has 1 aliphatic heterocycles. The summed E-state index contributed by atoms with van der Waals surface area (Å²) in [7, 11) is 0. The van der Waals surface area contributed by atoms with Gasteiger partial charge in [0.25, 0.3) is 5.91 Å². The molecule has 1 aliphatic rings. The Balaban J connectivity index is 1.65. The van der Waals surface area contributed by atoms with Crippen molar-refractivity contribution < 1.29 is 25.8 Å². The van der Waals surface area contributed by atoms with Gasteiger partial charge < -0.3 is 14.4 Å². The fourth-order valence-electron chi connectivity index (χ4n) is 3.03. The molecule has 30 heavy (non-hydrogen) atoms. The number of alkyl halides is 2. The first-order valence-corrected chi connectivity index (χ1v) is 9.15. The highest BCUT2D eigenvalue weighted by molar-refractivity contribution is 5.98. The molecule has 3 aromatic rings. The van der Waals surface area contributed by atoms with Crippen molar-refractivity contribution in [2.75, 3.05) is 13.1 Å². The zero-order chi connectivity index (χ0) is 22.9. The van der Waals surface area contributed by atoms with Gasteiger partial charge in [-0.1, -0.05) is 18.2 Å². The van der Waals surface area contributed by atoms with Crippen molar-refractivity contribution >= 4 is 5.91 Å². The van der Waals surface area contributed by atoms with Crippen LogP contribution >= 0.6 is 0 Å². The average molecular weight is 413 g/mol. The summed E-state index contributed by atoms with van der Waals surface area (Å²) in [6.07, 6.45) is -0.201. The van der Waals surface area contributed by atoms with Crippen molar-refractivity contribution in [3.63, 3.8) is 0 Å². The maximum atomic E-state index is 13.2. The first kappa shape index (κ1) is 17.3. The van der Waals surface area contributed by atoms with Gasteiger partial charge in [0.1, 0.15) is 23.9 Å². The van der Waals surface area contributed by atoms with Crippen molar-refractivity contribution in [3.05, 3.63) is 72.3 Å². The number of ether oxygens (including phenoxy) is 2. The fourth-order valence-corrected chi connectivity index (χ4v) is 3.03. The number of aromatic nitrogens is 2. The zero-order valence-electron chi connectivity index (χ0n) is 18.0. The third-order valence-electron chi connectivity index (χ3n) is 4.37. The third kappa shape index (κ3) is 4.53. The molecule has 6 nitrogen and oxygen atoms in total. The minimum atomic E-state index is -3.29. The van der Waals surface area contributed by atoms with Crippen LogP contribution in [0.3, 0.4) is 0 Å². The number of hydrogen-bond donors (Lipinski definition) is 0. The van der Waals surface area contributed by atoms with Crippen LogP contribution in [0, 0.1) is 0 Å². The average Bonchev–Trinajstić information content (AvgIpc) is 2.81. The van der Waals surface area contributed by atoms with E-state index in [2.05, 4.69) is 14.7 Å². The molecule has 0 spiro atoms. The van der Waals surface area contributed by atoms with Gasteiger partial charge >= 0.3 is 6.11 Å². The van der Waals surface area contributed by atoms with Gasteiger partial charge in [0, 0.05) is 19.3 Å². The molecular formula is C22H19F2N3O3. The van der Waals surface area contributed by atoms with Crippen LogP contribution < -0.4 is 9.47 Å². The molecule has 0 saturated heterocycles. The van der Waals surface area contributed by atoms with E-state index >= 15 is 0 Å². The zero-order valence-corrected chi connectivity index (χ0v) is 16.0. The highest BCUT2D eigenvalue weighted by Crippen LogP contribution is 2.31. The normalized spacial score (nSPS) is 16.6. The summed E-state index contributed by atoms with van der Waals surface area (Å²) in [5.41, 5.74) is 1.48. The van der Waals surface area contributed by atoms with Gasteiger partial charge in [0.15, 0.2) is 0 Å². The molecule has 0 saturated carbocycles. The van der Waals surface area contributed by atoms with E-state index in [9.17, 15) is 13.6 Å². The molecule has 8 heteroatoms. The number of benzene rings is 2. The highest BCUT2D eigenvalue weighted by atomic mass is 19.3. The molecule has 0 radical (unpaired) electrons. The Morgan fingerprint density at radius 1 is 1.17 bits per heavy atom. The summed E-state index contributed by atoms with van der Waals surface area (Å²) in [5.74, 6) is 0.0734. The Bertz CT molecular complexity index is 1120. The topological polar surface area (TPSA) is 64.6 Å². The number of halogens is 2. The first-order chi connectivity index (χ1) is 15.1. The van der Waals surface area contributed by atoms with Gasteiger partial charge in [-0.15, -0.1) is 0 Å². The summed E-state index contributed by atoms with van der Waals surface area (Å²) >= 11 is 0. The van der Waals surface area contributed by atoms with Crippen LogP contribution in [-0.2, 0) is 6.54 Å². The van der Waals surface area contributed by atoms with Crippen molar-refractivity contribution in [2.45, 2.75) is 19.6 Å². The van der Waals surface area contributed by atoms with E-state index in [0.717, 1.165) is 0 Å². The third-order valence-corrected chi connectivity index (χ3v) is 4.37. The Morgan fingerprint density at radius 3 is 2.57 bits per heavy atom. The molecule has 0 unspecified atom stereocenters.